The second-order valence-corrected chi connectivity index (χ2v) is 11.9. The zero-order valence-corrected chi connectivity index (χ0v) is 27.5. The van der Waals surface area contributed by atoms with Crippen LogP contribution >= 0.6 is 0 Å². The molecule has 0 aromatic heterocycles. The summed E-state index contributed by atoms with van der Waals surface area (Å²) < 4.78 is 11.0. The third-order valence-electron chi connectivity index (χ3n) is 8.28. The van der Waals surface area contributed by atoms with Crippen molar-refractivity contribution in [3.63, 3.8) is 0 Å². The Hall–Kier alpha value is -4.72. The van der Waals surface area contributed by atoms with Crippen LogP contribution in [0.15, 0.2) is 69.0 Å². The molecule has 0 saturated heterocycles. The number of ether oxygens (including phenoxy) is 2. The predicted octanol–water partition coefficient (Wildman–Crippen LogP) is 9.97. The van der Waals surface area contributed by atoms with Crippen LogP contribution in [0.1, 0.15) is 44.5 Å². The van der Waals surface area contributed by atoms with E-state index >= 15 is 0 Å². The number of methoxy groups -OCH3 is 2. The van der Waals surface area contributed by atoms with Gasteiger partial charge in [-0.15, -0.1) is 0 Å². The first-order chi connectivity index (χ1) is 21.0. The van der Waals surface area contributed by atoms with Crippen molar-refractivity contribution in [1.82, 2.24) is 0 Å². The minimum absolute atomic E-state index is 0.748. The topological polar surface area (TPSA) is 74.4 Å². The Labute approximate surface area is 261 Å². The van der Waals surface area contributed by atoms with Crippen LogP contribution in [0.2, 0.25) is 0 Å². The molecule has 0 fully saturated rings. The van der Waals surface area contributed by atoms with Gasteiger partial charge in [0.1, 0.15) is 11.5 Å². The van der Waals surface area contributed by atoms with Crippen LogP contribution in [0, 0.1) is 41.5 Å². The first-order valence-electron chi connectivity index (χ1n) is 14.8. The molecule has 5 rings (SSSR count). The van der Waals surface area contributed by atoms with Crippen LogP contribution in [0.3, 0.4) is 0 Å². The fraction of sp³-hybridized carbons (Fsp3) is 0.333. The highest BCUT2D eigenvalue weighted by Gasteiger charge is 2.21. The second kappa shape index (κ2) is 12.5. The molecule has 0 spiro atoms. The van der Waals surface area contributed by atoms with E-state index in [2.05, 4.69) is 82.5 Å². The number of azo groups is 2. The highest BCUT2D eigenvalue weighted by atomic mass is 16.5. The maximum Gasteiger partial charge on any atom is 0.124 e. The van der Waals surface area contributed by atoms with Crippen molar-refractivity contribution in [2.45, 2.75) is 54.6 Å². The lowest BCUT2D eigenvalue weighted by molar-refractivity contribution is 0.408. The SMILES string of the molecule is COc1c(C)cc(N=Nc2cc3c(cc2C)CN(C)c2cc(N=Nc4cc(C)c(OC)c(C)c4)c(C)cc2CN3C)cc1C. The molecule has 0 atom stereocenters. The molecule has 4 aromatic rings. The molecule has 0 N–H and O–H groups in total. The number of rotatable bonds is 6. The molecular weight excluding hydrogens is 548 g/mol. The van der Waals surface area contributed by atoms with Gasteiger partial charge in [0.25, 0.3) is 0 Å². The molecule has 0 amide bonds. The Morgan fingerprint density at radius 1 is 0.477 bits per heavy atom. The molecule has 0 radical (unpaired) electrons. The number of fused-ring (bicyclic) bond motifs is 2. The number of benzene rings is 4. The summed E-state index contributed by atoms with van der Waals surface area (Å²) in [5.41, 5.74) is 14.5. The fourth-order valence-corrected chi connectivity index (χ4v) is 6.19. The van der Waals surface area contributed by atoms with Gasteiger partial charge in [-0.2, -0.15) is 20.5 Å². The van der Waals surface area contributed by atoms with Gasteiger partial charge in [-0.3, -0.25) is 0 Å². The molecule has 8 nitrogen and oxygen atoms in total. The monoisotopic (exact) mass is 590 g/mol. The largest absolute Gasteiger partial charge is 0.496 e. The summed E-state index contributed by atoms with van der Waals surface area (Å²) in [4.78, 5) is 4.59. The van der Waals surface area contributed by atoms with E-state index in [9.17, 15) is 0 Å². The molecule has 1 aliphatic rings. The van der Waals surface area contributed by atoms with Gasteiger partial charge >= 0.3 is 0 Å². The lowest BCUT2D eigenvalue weighted by atomic mass is 10.0. The number of anilines is 2. The van der Waals surface area contributed by atoms with Gasteiger partial charge in [-0.05, 0) is 122 Å². The summed E-state index contributed by atoms with van der Waals surface area (Å²) in [6.45, 7) is 13.8. The molecule has 0 aliphatic carbocycles. The van der Waals surface area contributed by atoms with Crippen LogP contribution in [0.5, 0.6) is 11.5 Å². The zero-order valence-electron chi connectivity index (χ0n) is 27.5. The fourth-order valence-electron chi connectivity index (χ4n) is 6.19. The summed E-state index contributed by atoms with van der Waals surface area (Å²) in [5, 5.41) is 18.5. The van der Waals surface area contributed by atoms with Crippen LogP contribution in [-0.4, -0.2) is 28.3 Å². The van der Waals surface area contributed by atoms with Crippen molar-refractivity contribution < 1.29 is 9.47 Å². The number of hydrogen-bond donors (Lipinski definition) is 0. The van der Waals surface area contributed by atoms with Crippen LogP contribution in [0.4, 0.5) is 34.1 Å². The second-order valence-electron chi connectivity index (χ2n) is 11.9. The molecule has 0 saturated carbocycles. The Morgan fingerprint density at radius 2 is 0.818 bits per heavy atom. The molecule has 8 heteroatoms. The lowest BCUT2D eigenvalue weighted by Gasteiger charge is -2.33. The highest BCUT2D eigenvalue weighted by molar-refractivity contribution is 5.70. The van der Waals surface area contributed by atoms with Crippen molar-refractivity contribution in [3.8, 4) is 11.5 Å². The lowest BCUT2D eigenvalue weighted by Crippen LogP contribution is -2.27. The maximum absolute atomic E-state index is 5.51. The Morgan fingerprint density at radius 3 is 1.14 bits per heavy atom. The quantitative estimate of drug-likeness (QED) is 0.209. The summed E-state index contributed by atoms with van der Waals surface area (Å²) in [5.74, 6) is 1.78. The van der Waals surface area contributed by atoms with Gasteiger partial charge in [0, 0.05) is 38.6 Å². The smallest absolute Gasteiger partial charge is 0.124 e. The molecule has 1 aliphatic heterocycles. The van der Waals surface area contributed by atoms with Crippen LogP contribution in [-0.2, 0) is 13.1 Å². The maximum atomic E-state index is 5.51. The number of nitrogens with zero attached hydrogens (tertiary/aromatic N) is 6. The molecule has 4 aromatic carbocycles. The van der Waals surface area contributed by atoms with Crippen molar-refractivity contribution >= 4 is 34.1 Å². The molecular formula is C36H42N6O2. The third-order valence-corrected chi connectivity index (χ3v) is 8.28. The summed E-state index contributed by atoms with van der Waals surface area (Å²) in [7, 11) is 7.66. The van der Waals surface area contributed by atoms with E-state index in [-0.39, 0.29) is 0 Å². The zero-order chi connectivity index (χ0) is 31.7. The number of aryl methyl sites for hydroxylation is 6. The van der Waals surface area contributed by atoms with Gasteiger partial charge in [0.05, 0.1) is 37.0 Å². The third kappa shape index (κ3) is 6.16. The first kappa shape index (κ1) is 30.7. The Kier molecular flexibility index (Phi) is 8.72. The molecule has 0 unspecified atom stereocenters. The van der Waals surface area contributed by atoms with Gasteiger partial charge in [0.15, 0.2) is 0 Å². The first-order valence-corrected chi connectivity index (χ1v) is 14.8. The van der Waals surface area contributed by atoms with E-state index in [4.69, 9.17) is 9.47 Å². The molecule has 1 heterocycles. The summed E-state index contributed by atoms with van der Waals surface area (Å²) in [6.07, 6.45) is 0. The molecule has 228 valence electrons. The standard InChI is InChI=1S/C36H42N6O2/c1-21-11-27-19-41(7)34-18-32(40-38-30-15-25(5)36(44-10)26(6)16-30)22(2)12-28(34)20-42(8)33(27)17-31(21)39-37-29-13-23(3)35(43-9)24(4)14-29/h11-18H,19-20H2,1-10H3. The van der Waals surface area contributed by atoms with Crippen molar-refractivity contribution in [2.24, 2.45) is 20.5 Å². The van der Waals surface area contributed by atoms with Crippen molar-refractivity contribution in [2.75, 3.05) is 38.1 Å². The normalized spacial score (nSPS) is 13.2. The van der Waals surface area contributed by atoms with E-state index < -0.39 is 0 Å². The van der Waals surface area contributed by atoms with Crippen molar-refractivity contribution in [1.29, 1.82) is 0 Å². The minimum atomic E-state index is 0.748. The predicted molar refractivity (Wildman–Crippen MR) is 180 cm³/mol. The summed E-state index contributed by atoms with van der Waals surface area (Å²) in [6, 6.07) is 16.8. The van der Waals surface area contributed by atoms with E-state index in [1.54, 1.807) is 14.2 Å². The Balaban J connectivity index is 1.44. The van der Waals surface area contributed by atoms with E-state index in [1.807, 2.05) is 52.0 Å². The van der Waals surface area contributed by atoms with Gasteiger partial charge in [0.2, 0.25) is 0 Å². The average Bonchev–Trinajstić information content (AvgIpc) is 2.95. The van der Waals surface area contributed by atoms with Gasteiger partial charge in [-0.1, -0.05) is 12.1 Å². The van der Waals surface area contributed by atoms with E-state index in [0.29, 0.717) is 0 Å². The Bertz CT molecular complexity index is 1620. The highest BCUT2D eigenvalue weighted by Crippen LogP contribution is 2.39. The van der Waals surface area contributed by atoms with Crippen LogP contribution < -0.4 is 19.3 Å². The van der Waals surface area contributed by atoms with Gasteiger partial charge in [-0.25, -0.2) is 0 Å². The summed E-state index contributed by atoms with van der Waals surface area (Å²) >= 11 is 0. The van der Waals surface area contributed by atoms with Crippen LogP contribution in [0.25, 0.3) is 0 Å². The van der Waals surface area contributed by atoms with Gasteiger partial charge < -0.3 is 19.3 Å². The average molecular weight is 591 g/mol. The minimum Gasteiger partial charge on any atom is -0.496 e. The van der Waals surface area contributed by atoms with E-state index in [0.717, 1.165) is 92.1 Å². The van der Waals surface area contributed by atoms with E-state index in [1.165, 1.54) is 11.1 Å². The van der Waals surface area contributed by atoms with Crippen molar-refractivity contribution in [3.05, 3.63) is 93.0 Å². The molecule has 0 bridgehead atoms. The number of hydrogen-bond acceptors (Lipinski definition) is 8. The molecule has 44 heavy (non-hydrogen) atoms.